The third-order valence-electron chi connectivity index (χ3n) is 4.34. The first kappa shape index (κ1) is 19.3. The SMILES string of the molecule is Cc1cc(C)cc(OCC(=O)Nc2ccccc2-c2nc(-c3cccnc3)no2)c1. The fourth-order valence-corrected chi connectivity index (χ4v) is 3.08. The van der Waals surface area contributed by atoms with E-state index in [0.717, 1.165) is 16.7 Å². The number of hydrogen-bond acceptors (Lipinski definition) is 6. The average molecular weight is 400 g/mol. The normalized spacial score (nSPS) is 10.6. The molecule has 4 aromatic rings. The summed E-state index contributed by atoms with van der Waals surface area (Å²) in [6.07, 6.45) is 3.34. The molecule has 7 nitrogen and oxygen atoms in total. The van der Waals surface area contributed by atoms with E-state index in [4.69, 9.17) is 9.26 Å². The molecule has 0 aliphatic carbocycles. The second-order valence-electron chi connectivity index (χ2n) is 6.87. The molecule has 0 atom stereocenters. The zero-order valence-corrected chi connectivity index (χ0v) is 16.6. The highest BCUT2D eigenvalue weighted by molar-refractivity contribution is 5.95. The summed E-state index contributed by atoms with van der Waals surface area (Å²) in [6.45, 7) is 3.86. The lowest BCUT2D eigenvalue weighted by atomic mass is 10.1. The number of anilines is 1. The van der Waals surface area contributed by atoms with E-state index in [1.165, 1.54) is 0 Å². The fourth-order valence-electron chi connectivity index (χ4n) is 3.08. The summed E-state index contributed by atoms with van der Waals surface area (Å²) in [5, 5.41) is 6.87. The van der Waals surface area contributed by atoms with Crippen molar-refractivity contribution in [3.05, 3.63) is 78.1 Å². The van der Waals surface area contributed by atoms with Crippen LogP contribution in [0.3, 0.4) is 0 Å². The standard InChI is InChI=1S/C23H20N4O3/c1-15-10-16(2)12-18(11-15)29-14-21(28)25-20-8-4-3-7-19(20)23-26-22(27-30-23)17-6-5-9-24-13-17/h3-13H,14H2,1-2H3,(H,25,28). The van der Waals surface area contributed by atoms with E-state index in [9.17, 15) is 4.79 Å². The van der Waals surface area contributed by atoms with Gasteiger partial charge >= 0.3 is 0 Å². The number of nitrogens with one attached hydrogen (secondary N) is 1. The Morgan fingerprint density at radius 2 is 1.87 bits per heavy atom. The van der Waals surface area contributed by atoms with Gasteiger partial charge in [0.05, 0.1) is 11.3 Å². The Morgan fingerprint density at radius 1 is 1.07 bits per heavy atom. The van der Waals surface area contributed by atoms with Crippen molar-refractivity contribution in [3.63, 3.8) is 0 Å². The quantitative estimate of drug-likeness (QED) is 0.515. The van der Waals surface area contributed by atoms with Gasteiger partial charge in [-0.05, 0) is 61.4 Å². The van der Waals surface area contributed by atoms with Crippen molar-refractivity contribution in [3.8, 4) is 28.6 Å². The number of aryl methyl sites for hydroxylation is 2. The van der Waals surface area contributed by atoms with Crippen LogP contribution in [0, 0.1) is 13.8 Å². The molecule has 0 saturated heterocycles. The van der Waals surface area contributed by atoms with Crippen molar-refractivity contribution in [1.82, 2.24) is 15.1 Å². The minimum atomic E-state index is -0.284. The number of hydrogen-bond donors (Lipinski definition) is 1. The molecule has 0 saturated carbocycles. The highest BCUT2D eigenvalue weighted by Gasteiger charge is 2.15. The smallest absolute Gasteiger partial charge is 0.262 e. The van der Waals surface area contributed by atoms with Gasteiger partial charge in [-0.3, -0.25) is 9.78 Å². The summed E-state index contributed by atoms with van der Waals surface area (Å²) >= 11 is 0. The molecule has 1 N–H and O–H groups in total. The minimum absolute atomic E-state index is 0.109. The third kappa shape index (κ3) is 4.52. The molecule has 1 amide bonds. The van der Waals surface area contributed by atoms with Crippen LogP contribution in [0.5, 0.6) is 5.75 Å². The molecule has 0 fully saturated rings. The Bertz CT molecular complexity index is 1150. The average Bonchev–Trinajstić information content (AvgIpc) is 3.23. The number of benzene rings is 2. The lowest BCUT2D eigenvalue weighted by Crippen LogP contribution is -2.20. The van der Waals surface area contributed by atoms with Crippen molar-refractivity contribution in [2.45, 2.75) is 13.8 Å². The predicted molar refractivity (Wildman–Crippen MR) is 113 cm³/mol. The van der Waals surface area contributed by atoms with Gasteiger partial charge in [-0.15, -0.1) is 0 Å². The zero-order valence-electron chi connectivity index (χ0n) is 16.6. The Balaban J connectivity index is 1.48. The van der Waals surface area contributed by atoms with Crippen LogP contribution in [0.15, 0.2) is 71.5 Å². The number of para-hydroxylation sites is 1. The van der Waals surface area contributed by atoms with Crippen molar-refractivity contribution < 1.29 is 14.1 Å². The van der Waals surface area contributed by atoms with Crippen molar-refractivity contribution >= 4 is 11.6 Å². The van der Waals surface area contributed by atoms with E-state index in [1.807, 2.05) is 50.2 Å². The minimum Gasteiger partial charge on any atom is -0.484 e. The van der Waals surface area contributed by atoms with Crippen molar-refractivity contribution in [2.24, 2.45) is 0 Å². The Kier molecular flexibility index (Phi) is 5.52. The number of nitrogens with zero attached hydrogens (tertiary/aromatic N) is 3. The van der Waals surface area contributed by atoms with Gasteiger partial charge in [-0.25, -0.2) is 0 Å². The van der Waals surface area contributed by atoms with Gasteiger partial charge in [-0.2, -0.15) is 4.98 Å². The van der Waals surface area contributed by atoms with Gasteiger partial charge in [0.25, 0.3) is 11.8 Å². The zero-order chi connectivity index (χ0) is 20.9. The topological polar surface area (TPSA) is 90.1 Å². The molecule has 2 heterocycles. The lowest BCUT2D eigenvalue weighted by molar-refractivity contribution is -0.118. The lowest BCUT2D eigenvalue weighted by Gasteiger charge is -2.10. The molecule has 0 radical (unpaired) electrons. The van der Waals surface area contributed by atoms with Crippen LogP contribution in [0.4, 0.5) is 5.69 Å². The summed E-state index contributed by atoms with van der Waals surface area (Å²) in [5.41, 5.74) is 4.09. The maximum Gasteiger partial charge on any atom is 0.262 e. The molecule has 0 unspecified atom stereocenters. The van der Waals surface area contributed by atoms with Gasteiger partial charge in [0, 0.05) is 18.0 Å². The number of ether oxygens (including phenoxy) is 1. The molecule has 30 heavy (non-hydrogen) atoms. The number of carbonyl (C=O) groups excluding carboxylic acids is 1. The molecular formula is C23H20N4O3. The second-order valence-corrected chi connectivity index (χ2v) is 6.87. The maximum atomic E-state index is 12.5. The van der Waals surface area contributed by atoms with Crippen LogP contribution < -0.4 is 10.1 Å². The molecule has 2 aromatic carbocycles. The van der Waals surface area contributed by atoms with Crippen LogP contribution in [0.1, 0.15) is 11.1 Å². The highest BCUT2D eigenvalue weighted by atomic mass is 16.5. The van der Waals surface area contributed by atoms with Gasteiger partial charge in [-0.1, -0.05) is 23.4 Å². The van der Waals surface area contributed by atoms with E-state index < -0.39 is 0 Å². The first-order chi connectivity index (χ1) is 14.6. The molecule has 0 aliphatic rings. The molecule has 4 rings (SSSR count). The maximum absolute atomic E-state index is 12.5. The third-order valence-corrected chi connectivity index (χ3v) is 4.34. The molecule has 2 aromatic heterocycles. The Hall–Kier alpha value is -4.00. The molecule has 0 aliphatic heterocycles. The summed E-state index contributed by atoms with van der Waals surface area (Å²) in [6, 6.07) is 16.7. The number of pyridine rings is 1. The van der Waals surface area contributed by atoms with E-state index in [1.54, 1.807) is 30.6 Å². The van der Waals surface area contributed by atoms with Crippen molar-refractivity contribution in [1.29, 1.82) is 0 Å². The van der Waals surface area contributed by atoms with Crippen LogP contribution in [0.25, 0.3) is 22.8 Å². The number of aromatic nitrogens is 3. The van der Waals surface area contributed by atoms with Gasteiger partial charge in [0.1, 0.15) is 5.75 Å². The van der Waals surface area contributed by atoms with Crippen molar-refractivity contribution in [2.75, 3.05) is 11.9 Å². The van der Waals surface area contributed by atoms with E-state index in [-0.39, 0.29) is 12.5 Å². The van der Waals surface area contributed by atoms with Crippen LogP contribution in [0.2, 0.25) is 0 Å². The summed E-state index contributed by atoms with van der Waals surface area (Å²) < 4.78 is 11.1. The monoisotopic (exact) mass is 400 g/mol. The van der Waals surface area contributed by atoms with E-state index in [2.05, 4.69) is 20.4 Å². The van der Waals surface area contributed by atoms with Gasteiger partial charge in [0.2, 0.25) is 5.82 Å². The molecular weight excluding hydrogens is 380 g/mol. The van der Waals surface area contributed by atoms with Gasteiger partial charge < -0.3 is 14.6 Å². The number of carbonyl (C=O) groups is 1. The largest absolute Gasteiger partial charge is 0.484 e. The van der Waals surface area contributed by atoms with Gasteiger partial charge in [0.15, 0.2) is 6.61 Å². The number of amides is 1. The Morgan fingerprint density at radius 3 is 2.63 bits per heavy atom. The summed E-state index contributed by atoms with van der Waals surface area (Å²) in [5.74, 6) is 1.11. The Labute approximate surface area is 173 Å². The molecule has 0 spiro atoms. The second kappa shape index (κ2) is 8.57. The molecule has 150 valence electrons. The molecule has 7 heteroatoms. The predicted octanol–water partition coefficient (Wildman–Crippen LogP) is 4.43. The first-order valence-corrected chi connectivity index (χ1v) is 9.43. The van der Waals surface area contributed by atoms with E-state index in [0.29, 0.717) is 28.7 Å². The van der Waals surface area contributed by atoms with Crippen LogP contribution in [-0.2, 0) is 4.79 Å². The summed E-state index contributed by atoms with van der Waals surface area (Å²) in [4.78, 5) is 20.9. The summed E-state index contributed by atoms with van der Waals surface area (Å²) in [7, 11) is 0. The highest BCUT2D eigenvalue weighted by Crippen LogP contribution is 2.28. The van der Waals surface area contributed by atoms with Crippen LogP contribution >= 0.6 is 0 Å². The fraction of sp³-hybridized carbons (Fsp3) is 0.130. The van der Waals surface area contributed by atoms with Crippen LogP contribution in [-0.4, -0.2) is 27.6 Å². The number of rotatable bonds is 6. The first-order valence-electron chi connectivity index (χ1n) is 9.43. The van der Waals surface area contributed by atoms with E-state index >= 15 is 0 Å². The molecule has 0 bridgehead atoms.